The van der Waals surface area contributed by atoms with Crippen molar-refractivity contribution < 1.29 is 22.1 Å². The molecule has 114 valence electrons. The van der Waals surface area contributed by atoms with Crippen LogP contribution in [-0.2, 0) is 23.8 Å². The summed E-state index contributed by atoms with van der Waals surface area (Å²) in [6.07, 6.45) is 0. The highest BCUT2D eigenvalue weighted by Gasteiger charge is 2.37. The summed E-state index contributed by atoms with van der Waals surface area (Å²) in [4.78, 5) is 12.1. The van der Waals surface area contributed by atoms with Gasteiger partial charge in [-0.2, -0.15) is 8.42 Å². The minimum atomic E-state index is -3.72. The topological polar surface area (TPSA) is 69.7 Å². The quantitative estimate of drug-likeness (QED) is 0.629. The molecule has 0 aromatic heterocycles. The van der Waals surface area contributed by atoms with Gasteiger partial charge in [0.25, 0.3) is 0 Å². The van der Waals surface area contributed by atoms with Crippen molar-refractivity contribution in [3.63, 3.8) is 0 Å². The van der Waals surface area contributed by atoms with Crippen molar-refractivity contribution in [3.05, 3.63) is 46.2 Å². The van der Waals surface area contributed by atoms with E-state index in [0.717, 1.165) is 0 Å². The predicted molar refractivity (Wildman–Crippen MR) is 78.4 cm³/mol. The average Bonchev–Trinajstić information content (AvgIpc) is 2.37. The van der Waals surface area contributed by atoms with Crippen molar-refractivity contribution in [1.82, 2.24) is 0 Å². The number of halogens is 1. The third kappa shape index (κ3) is 3.57. The predicted octanol–water partition coefficient (Wildman–Crippen LogP) is 2.62. The summed E-state index contributed by atoms with van der Waals surface area (Å²) in [5.41, 5.74) is 0.905. The van der Waals surface area contributed by atoms with E-state index in [0.29, 0.717) is 10.6 Å². The molecular formula is C14H15ClO5S. The normalized spacial score (nSPS) is 20.8. The van der Waals surface area contributed by atoms with Crippen molar-refractivity contribution in [2.75, 3.05) is 12.4 Å². The summed E-state index contributed by atoms with van der Waals surface area (Å²) >= 11 is 5.84. The molecule has 1 atom stereocenters. The highest BCUT2D eigenvalue weighted by atomic mass is 35.5. The Morgan fingerprint density at radius 3 is 2.57 bits per heavy atom. The highest BCUT2D eigenvalue weighted by Crippen LogP contribution is 2.35. The third-order valence-electron chi connectivity index (χ3n) is 3.12. The molecule has 0 radical (unpaired) electrons. The van der Waals surface area contributed by atoms with E-state index < -0.39 is 22.0 Å². The summed E-state index contributed by atoms with van der Waals surface area (Å²) in [7, 11) is -3.72. The molecule has 7 heteroatoms. The Labute approximate surface area is 128 Å². The molecule has 1 unspecified atom stereocenters. The van der Waals surface area contributed by atoms with Crippen LogP contribution in [0.3, 0.4) is 0 Å². The first-order valence-corrected chi connectivity index (χ1v) is 8.35. The lowest BCUT2D eigenvalue weighted by Crippen LogP contribution is -2.29. The fourth-order valence-corrected chi connectivity index (χ4v) is 3.69. The molecule has 1 aromatic rings. The summed E-state index contributed by atoms with van der Waals surface area (Å²) in [6, 6.07) is 6.69. The Morgan fingerprint density at radius 1 is 1.38 bits per heavy atom. The molecule has 1 aliphatic rings. The number of rotatable bonds is 3. The zero-order chi connectivity index (χ0) is 15.6. The molecule has 1 aliphatic heterocycles. The maximum absolute atomic E-state index is 12.1. The molecule has 0 fully saturated rings. The van der Waals surface area contributed by atoms with Crippen LogP contribution in [0.15, 0.2) is 35.6 Å². The number of carbonyl (C=O) groups excluding carboxylic acids is 1. The van der Waals surface area contributed by atoms with Gasteiger partial charge in [0.2, 0.25) is 0 Å². The van der Waals surface area contributed by atoms with Gasteiger partial charge in [-0.3, -0.25) is 0 Å². The molecule has 1 heterocycles. The van der Waals surface area contributed by atoms with Crippen molar-refractivity contribution in [3.8, 4) is 0 Å². The number of hydrogen-bond acceptors (Lipinski definition) is 5. The summed E-state index contributed by atoms with van der Waals surface area (Å²) in [6.45, 7) is 3.34. The van der Waals surface area contributed by atoms with Gasteiger partial charge in [-0.15, -0.1) is 0 Å². The van der Waals surface area contributed by atoms with Gasteiger partial charge in [-0.05, 0) is 31.5 Å². The molecule has 0 saturated carbocycles. The van der Waals surface area contributed by atoms with Crippen LogP contribution in [0.2, 0.25) is 5.02 Å². The lowest BCUT2D eigenvalue weighted by atomic mass is 9.91. The molecule has 0 N–H and O–H groups in total. The molecule has 1 aromatic carbocycles. The van der Waals surface area contributed by atoms with Crippen molar-refractivity contribution in [2.45, 2.75) is 19.8 Å². The number of hydrogen-bond donors (Lipinski definition) is 0. The van der Waals surface area contributed by atoms with Crippen LogP contribution in [0, 0.1) is 0 Å². The van der Waals surface area contributed by atoms with Crippen molar-refractivity contribution in [2.24, 2.45) is 0 Å². The summed E-state index contributed by atoms with van der Waals surface area (Å²) in [5, 5.41) is 0.534. The van der Waals surface area contributed by atoms with E-state index in [1.54, 1.807) is 31.2 Å². The second-order valence-corrected chi connectivity index (χ2v) is 6.65. The standard InChI is InChI=1S/C14H15ClO5S/c1-3-19-14(16)13-9(2)20-21(17,18)8-12(13)10-4-6-11(15)7-5-10/h4-7,12H,3,8H2,1-2H3. The Morgan fingerprint density at radius 2 is 2.00 bits per heavy atom. The number of esters is 1. The monoisotopic (exact) mass is 330 g/mol. The number of benzene rings is 1. The lowest BCUT2D eigenvalue weighted by Gasteiger charge is -2.26. The van der Waals surface area contributed by atoms with Crippen LogP contribution in [0.5, 0.6) is 0 Å². The number of allylic oxidation sites excluding steroid dienone is 1. The van der Waals surface area contributed by atoms with Crippen molar-refractivity contribution >= 4 is 27.7 Å². The maximum atomic E-state index is 12.1. The van der Waals surface area contributed by atoms with Gasteiger partial charge in [0.1, 0.15) is 5.76 Å². The van der Waals surface area contributed by atoms with Gasteiger partial charge in [-0.25, -0.2) is 4.79 Å². The first kappa shape index (κ1) is 15.9. The Kier molecular flexibility index (Phi) is 4.58. The Balaban J connectivity index is 2.50. The molecule has 0 spiro atoms. The zero-order valence-corrected chi connectivity index (χ0v) is 13.2. The second-order valence-electron chi connectivity index (χ2n) is 4.60. The average molecular weight is 331 g/mol. The van der Waals surface area contributed by atoms with E-state index in [1.807, 2.05) is 0 Å². The van der Waals surface area contributed by atoms with E-state index in [1.165, 1.54) is 6.92 Å². The van der Waals surface area contributed by atoms with Gasteiger partial charge in [-0.1, -0.05) is 23.7 Å². The van der Waals surface area contributed by atoms with Crippen LogP contribution >= 0.6 is 11.6 Å². The molecule has 0 saturated heterocycles. The van der Waals surface area contributed by atoms with Gasteiger partial charge < -0.3 is 8.92 Å². The van der Waals surface area contributed by atoms with Crippen LogP contribution in [0.25, 0.3) is 0 Å². The van der Waals surface area contributed by atoms with Gasteiger partial charge in [0.15, 0.2) is 0 Å². The zero-order valence-electron chi connectivity index (χ0n) is 11.6. The fourth-order valence-electron chi connectivity index (χ4n) is 2.25. The molecule has 21 heavy (non-hydrogen) atoms. The van der Waals surface area contributed by atoms with E-state index in [-0.39, 0.29) is 23.7 Å². The molecular weight excluding hydrogens is 316 g/mol. The Bertz CT molecular complexity index is 676. The minimum Gasteiger partial charge on any atom is -0.463 e. The largest absolute Gasteiger partial charge is 0.463 e. The summed E-state index contributed by atoms with van der Waals surface area (Å²) < 4.78 is 33.5. The maximum Gasteiger partial charge on any atom is 0.338 e. The minimum absolute atomic E-state index is 0.0552. The lowest BCUT2D eigenvalue weighted by molar-refractivity contribution is -0.139. The number of carbonyl (C=O) groups is 1. The van der Waals surface area contributed by atoms with Crippen LogP contribution < -0.4 is 0 Å². The van der Waals surface area contributed by atoms with Crippen molar-refractivity contribution in [1.29, 1.82) is 0 Å². The smallest absolute Gasteiger partial charge is 0.338 e. The second kappa shape index (κ2) is 6.07. The molecule has 0 bridgehead atoms. The molecule has 0 amide bonds. The Hall–Kier alpha value is -1.53. The van der Waals surface area contributed by atoms with E-state index >= 15 is 0 Å². The first-order chi connectivity index (χ1) is 9.84. The van der Waals surface area contributed by atoms with E-state index in [4.69, 9.17) is 20.5 Å². The molecule has 5 nitrogen and oxygen atoms in total. The molecule has 2 rings (SSSR count). The van der Waals surface area contributed by atoms with Crippen LogP contribution in [0.4, 0.5) is 0 Å². The number of ether oxygens (including phenoxy) is 1. The van der Waals surface area contributed by atoms with Crippen LogP contribution in [0.1, 0.15) is 25.3 Å². The van der Waals surface area contributed by atoms with Gasteiger partial charge in [0.05, 0.1) is 17.9 Å². The SMILES string of the molecule is CCOC(=O)C1=C(C)OS(=O)(=O)CC1c1ccc(Cl)cc1. The van der Waals surface area contributed by atoms with Gasteiger partial charge in [0, 0.05) is 10.9 Å². The van der Waals surface area contributed by atoms with E-state index in [2.05, 4.69) is 0 Å². The summed E-state index contributed by atoms with van der Waals surface area (Å²) in [5.74, 6) is -1.44. The van der Waals surface area contributed by atoms with Gasteiger partial charge >= 0.3 is 16.1 Å². The third-order valence-corrected chi connectivity index (χ3v) is 4.62. The van der Waals surface area contributed by atoms with E-state index in [9.17, 15) is 13.2 Å². The highest BCUT2D eigenvalue weighted by molar-refractivity contribution is 7.86. The molecule has 0 aliphatic carbocycles. The first-order valence-electron chi connectivity index (χ1n) is 6.39. The fraction of sp³-hybridized carbons (Fsp3) is 0.357. The van der Waals surface area contributed by atoms with Crippen LogP contribution in [-0.4, -0.2) is 26.7 Å².